The molecule has 0 atom stereocenters. The molecule has 3 heteroatoms. The van der Waals surface area contributed by atoms with Crippen molar-refractivity contribution in [2.45, 2.75) is 26.7 Å². The standard InChI is InChI=1S/C38H29FN2/c1-26-8-12-30(13-9-26)36-24-40-38(41-25-36)19-18-31-23-37(39)35(20-27(31)2)15-11-28-10-14-34-22-33(17-16-32(34)21-28)29-6-4-3-5-7-29/h3-10,12-14,16-17,20-25H,11,15H2,1-2H3. The van der Waals surface area contributed by atoms with Gasteiger partial charge in [0, 0.05) is 23.5 Å². The maximum absolute atomic E-state index is 15.1. The van der Waals surface area contributed by atoms with E-state index >= 15 is 4.39 Å². The topological polar surface area (TPSA) is 25.8 Å². The van der Waals surface area contributed by atoms with Crippen LogP contribution in [0.1, 0.15) is 33.6 Å². The number of benzene rings is 5. The minimum absolute atomic E-state index is 0.233. The smallest absolute Gasteiger partial charge is 0.205 e. The number of aromatic nitrogens is 2. The molecule has 0 N–H and O–H groups in total. The summed E-state index contributed by atoms with van der Waals surface area (Å²) in [5.74, 6) is 6.23. The molecule has 1 aromatic heterocycles. The van der Waals surface area contributed by atoms with Crippen molar-refractivity contribution in [3.8, 4) is 34.1 Å². The van der Waals surface area contributed by atoms with E-state index in [4.69, 9.17) is 0 Å². The normalized spacial score (nSPS) is 10.8. The zero-order valence-corrected chi connectivity index (χ0v) is 23.2. The molecule has 0 aliphatic heterocycles. The van der Waals surface area contributed by atoms with E-state index in [0.717, 1.165) is 23.1 Å². The predicted molar refractivity (Wildman–Crippen MR) is 166 cm³/mol. The zero-order valence-electron chi connectivity index (χ0n) is 23.2. The number of nitrogens with zero attached hydrogens (tertiary/aromatic N) is 2. The summed E-state index contributed by atoms with van der Waals surface area (Å²) in [5, 5.41) is 2.40. The first-order chi connectivity index (χ1) is 20.0. The summed E-state index contributed by atoms with van der Waals surface area (Å²) in [7, 11) is 0. The molecular weight excluding hydrogens is 503 g/mol. The van der Waals surface area contributed by atoms with Gasteiger partial charge in [0.15, 0.2) is 0 Å². The molecule has 0 unspecified atom stereocenters. The number of fused-ring (bicyclic) bond motifs is 1. The molecule has 0 fully saturated rings. The van der Waals surface area contributed by atoms with E-state index in [9.17, 15) is 0 Å². The number of hydrogen-bond acceptors (Lipinski definition) is 2. The molecule has 0 bridgehead atoms. The second kappa shape index (κ2) is 11.6. The van der Waals surface area contributed by atoms with Crippen LogP contribution in [0.15, 0.2) is 116 Å². The van der Waals surface area contributed by atoms with Gasteiger partial charge in [0.2, 0.25) is 5.82 Å². The van der Waals surface area contributed by atoms with E-state index in [2.05, 4.69) is 114 Å². The third-order valence-corrected chi connectivity index (χ3v) is 7.43. The summed E-state index contributed by atoms with van der Waals surface area (Å²) < 4.78 is 15.1. The van der Waals surface area contributed by atoms with Gasteiger partial charge in [-0.05, 0) is 88.9 Å². The van der Waals surface area contributed by atoms with E-state index in [0.29, 0.717) is 23.4 Å². The van der Waals surface area contributed by atoms with Gasteiger partial charge >= 0.3 is 0 Å². The van der Waals surface area contributed by atoms with Gasteiger partial charge < -0.3 is 0 Å². The van der Waals surface area contributed by atoms with Crippen molar-refractivity contribution in [1.82, 2.24) is 9.97 Å². The van der Waals surface area contributed by atoms with Gasteiger partial charge in [0.25, 0.3) is 0 Å². The lowest BCUT2D eigenvalue weighted by Gasteiger charge is -2.09. The van der Waals surface area contributed by atoms with Crippen LogP contribution in [-0.4, -0.2) is 9.97 Å². The van der Waals surface area contributed by atoms with Crippen LogP contribution in [0, 0.1) is 31.5 Å². The summed E-state index contributed by atoms with van der Waals surface area (Å²) in [6.45, 7) is 4.02. The Morgan fingerprint density at radius 2 is 1.29 bits per heavy atom. The van der Waals surface area contributed by atoms with Crippen LogP contribution < -0.4 is 0 Å². The van der Waals surface area contributed by atoms with E-state index in [1.807, 2.05) is 19.1 Å². The van der Waals surface area contributed by atoms with Gasteiger partial charge in [-0.2, -0.15) is 0 Å². The largest absolute Gasteiger partial charge is 0.229 e. The molecule has 6 rings (SSSR count). The van der Waals surface area contributed by atoms with Crippen LogP contribution in [0.3, 0.4) is 0 Å². The van der Waals surface area contributed by atoms with E-state index < -0.39 is 0 Å². The van der Waals surface area contributed by atoms with E-state index in [1.165, 1.54) is 39.1 Å². The highest BCUT2D eigenvalue weighted by Crippen LogP contribution is 2.26. The van der Waals surface area contributed by atoms with Crippen molar-refractivity contribution in [1.29, 1.82) is 0 Å². The van der Waals surface area contributed by atoms with E-state index in [1.54, 1.807) is 12.4 Å². The minimum atomic E-state index is -0.233. The Morgan fingerprint density at radius 3 is 2.07 bits per heavy atom. The molecule has 2 nitrogen and oxygen atoms in total. The lowest BCUT2D eigenvalue weighted by atomic mass is 9.96. The Hall–Kier alpha value is -5.07. The SMILES string of the molecule is Cc1ccc(-c2cnc(C#Cc3cc(F)c(CCc4ccc5cc(-c6ccccc6)ccc5c4)cc3C)nc2)cc1. The number of hydrogen-bond donors (Lipinski definition) is 0. The molecule has 0 aliphatic rings. The fourth-order valence-electron chi connectivity index (χ4n) is 5.02. The molecule has 6 aromatic rings. The molecule has 198 valence electrons. The van der Waals surface area contributed by atoms with Crippen molar-refractivity contribution in [3.05, 3.63) is 155 Å². The summed E-state index contributed by atoms with van der Waals surface area (Å²) in [4.78, 5) is 8.78. The lowest BCUT2D eigenvalue weighted by Crippen LogP contribution is -1.98. The molecule has 0 saturated carbocycles. The number of aryl methyl sites for hydroxylation is 4. The number of rotatable bonds is 5. The highest BCUT2D eigenvalue weighted by atomic mass is 19.1. The Morgan fingerprint density at radius 1 is 0.610 bits per heavy atom. The van der Waals surface area contributed by atoms with Gasteiger partial charge in [0.1, 0.15) is 5.82 Å². The highest BCUT2D eigenvalue weighted by molar-refractivity contribution is 5.87. The first-order valence-electron chi connectivity index (χ1n) is 13.8. The molecule has 41 heavy (non-hydrogen) atoms. The fourth-order valence-corrected chi connectivity index (χ4v) is 5.02. The second-order valence-electron chi connectivity index (χ2n) is 10.4. The summed E-state index contributed by atoms with van der Waals surface area (Å²) in [6.07, 6.45) is 4.93. The summed E-state index contributed by atoms with van der Waals surface area (Å²) in [5.41, 5.74) is 9.10. The van der Waals surface area contributed by atoms with Crippen molar-refractivity contribution in [2.24, 2.45) is 0 Å². The van der Waals surface area contributed by atoms with Gasteiger partial charge in [0.05, 0.1) is 0 Å². The van der Waals surface area contributed by atoms with Crippen molar-refractivity contribution in [3.63, 3.8) is 0 Å². The molecule has 0 saturated heterocycles. The average Bonchev–Trinajstić information content (AvgIpc) is 3.01. The Kier molecular flexibility index (Phi) is 7.39. The van der Waals surface area contributed by atoms with Crippen LogP contribution in [-0.2, 0) is 12.8 Å². The Labute approximate surface area is 240 Å². The molecular formula is C38H29FN2. The van der Waals surface area contributed by atoms with E-state index in [-0.39, 0.29) is 5.82 Å². The molecule has 0 amide bonds. The first kappa shape index (κ1) is 26.2. The van der Waals surface area contributed by atoms with Gasteiger partial charge in [-0.3, -0.25) is 0 Å². The first-order valence-corrected chi connectivity index (χ1v) is 13.8. The molecule has 0 aliphatic carbocycles. The van der Waals surface area contributed by atoms with Crippen LogP contribution in [0.25, 0.3) is 33.0 Å². The van der Waals surface area contributed by atoms with Crippen LogP contribution in [0.2, 0.25) is 0 Å². The summed E-state index contributed by atoms with van der Waals surface area (Å²) >= 11 is 0. The fraction of sp³-hybridized carbons (Fsp3) is 0.105. The van der Waals surface area contributed by atoms with Crippen LogP contribution in [0.4, 0.5) is 4.39 Å². The quantitative estimate of drug-likeness (QED) is 0.207. The second-order valence-corrected chi connectivity index (χ2v) is 10.4. The third-order valence-electron chi connectivity index (χ3n) is 7.43. The lowest BCUT2D eigenvalue weighted by molar-refractivity contribution is 0.607. The van der Waals surface area contributed by atoms with Crippen LogP contribution >= 0.6 is 0 Å². The third kappa shape index (κ3) is 6.08. The van der Waals surface area contributed by atoms with Crippen molar-refractivity contribution in [2.75, 3.05) is 0 Å². The molecule has 1 heterocycles. The predicted octanol–water partition coefficient (Wildman–Crippen LogP) is 8.90. The zero-order chi connectivity index (χ0) is 28.2. The van der Waals surface area contributed by atoms with Gasteiger partial charge in [-0.1, -0.05) is 102 Å². The minimum Gasteiger partial charge on any atom is -0.229 e. The molecule has 0 radical (unpaired) electrons. The molecule has 0 spiro atoms. The maximum atomic E-state index is 15.1. The Balaban J connectivity index is 1.14. The average molecular weight is 533 g/mol. The number of halogens is 1. The summed E-state index contributed by atoms with van der Waals surface area (Å²) in [6, 6.07) is 35.1. The molecule has 5 aromatic carbocycles. The van der Waals surface area contributed by atoms with Gasteiger partial charge in [-0.25, -0.2) is 14.4 Å². The van der Waals surface area contributed by atoms with Gasteiger partial charge in [-0.15, -0.1) is 0 Å². The van der Waals surface area contributed by atoms with Crippen LogP contribution in [0.5, 0.6) is 0 Å². The van der Waals surface area contributed by atoms with Crippen molar-refractivity contribution < 1.29 is 4.39 Å². The monoisotopic (exact) mass is 532 g/mol. The maximum Gasteiger partial charge on any atom is 0.205 e. The Bertz CT molecular complexity index is 1900. The highest BCUT2D eigenvalue weighted by Gasteiger charge is 2.08. The van der Waals surface area contributed by atoms with Crippen molar-refractivity contribution >= 4 is 10.8 Å².